The van der Waals surface area contributed by atoms with Crippen LogP contribution in [-0.4, -0.2) is 12.2 Å². The van der Waals surface area contributed by atoms with Crippen molar-refractivity contribution in [3.63, 3.8) is 0 Å². The number of carbonyl (C=O) groups is 1. The van der Waals surface area contributed by atoms with Gasteiger partial charge in [0, 0.05) is 6.21 Å². The molecule has 78 valence electrons. The number of hydrogen-bond acceptors (Lipinski definition) is 2. The minimum atomic E-state index is -0.620. The van der Waals surface area contributed by atoms with Gasteiger partial charge in [-0.3, -0.25) is 0 Å². The number of nitrogens with one attached hydrogen (secondary N) is 1. The summed E-state index contributed by atoms with van der Waals surface area (Å²) in [6.45, 7) is 4.41. The Kier molecular flexibility index (Phi) is 3.28. The summed E-state index contributed by atoms with van der Waals surface area (Å²) < 4.78 is 0. The molecule has 1 unspecified atom stereocenters. The van der Waals surface area contributed by atoms with Crippen LogP contribution in [0.5, 0.6) is 0 Å². The van der Waals surface area contributed by atoms with E-state index in [2.05, 4.69) is 36.5 Å². The Hall–Kier alpha value is -1.32. The highest BCUT2D eigenvalue weighted by Gasteiger charge is 2.28. The molecule has 0 aromatic rings. The summed E-state index contributed by atoms with van der Waals surface area (Å²) in [5.74, 6) is 0.570. The molecule has 0 aromatic heterocycles. The number of nitrogens with two attached hydrogens (primary N) is 1. The third-order valence-corrected chi connectivity index (χ3v) is 2.68. The number of carbonyl (C=O) groups excluding carboxylic acids is 1. The van der Waals surface area contributed by atoms with Gasteiger partial charge in [-0.2, -0.15) is 5.10 Å². The maximum Gasteiger partial charge on any atom is 0.332 e. The van der Waals surface area contributed by atoms with Gasteiger partial charge in [0.05, 0.1) is 0 Å². The van der Waals surface area contributed by atoms with Gasteiger partial charge in [-0.1, -0.05) is 26.0 Å². The Balaban J connectivity index is 2.32. The summed E-state index contributed by atoms with van der Waals surface area (Å²) in [6, 6.07) is -0.620. The fraction of sp³-hybridized carbons (Fsp3) is 0.600. The lowest BCUT2D eigenvalue weighted by Gasteiger charge is -2.24. The molecule has 1 aliphatic carbocycles. The van der Waals surface area contributed by atoms with E-state index in [1.165, 1.54) is 0 Å². The van der Waals surface area contributed by atoms with E-state index >= 15 is 0 Å². The first-order valence-electron chi connectivity index (χ1n) is 4.77. The minimum absolute atomic E-state index is 0.235. The van der Waals surface area contributed by atoms with Gasteiger partial charge in [0.25, 0.3) is 0 Å². The zero-order valence-electron chi connectivity index (χ0n) is 8.66. The first kappa shape index (κ1) is 10.8. The van der Waals surface area contributed by atoms with E-state index in [1.54, 1.807) is 6.21 Å². The molecule has 0 fully saturated rings. The van der Waals surface area contributed by atoms with Crippen LogP contribution < -0.4 is 11.2 Å². The average Bonchev–Trinajstić information content (AvgIpc) is 2.39. The van der Waals surface area contributed by atoms with Crippen molar-refractivity contribution >= 4 is 12.2 Å². The first-order valence-corrected chi connectivity index (χ1v) is 4.77. The smallest absolute Gasteiger partial charge is 0.332 e. The van der Waals surface area contributed by atoms with E-state index in [-0.39, 0.29) is 5.41 Å². The van der Waals surface area contributed by atoms with E-state index in [9.17, 15) is 4.79 Å². The number of allylic oxidation sites excluding steroid dienone is 2. The van der Waals surface area contributed by atoms with Crippen LogP contribution in [0.25, 0.3) is 0 Å². The number of nitrogens with zero attached hydrogens (tertiary/aromatic N) is 1. The lowest BCUT2D eigenvalue weighted by Crippen LogP contribution is -2.25. The zero-order chi connectivity index (χ0) is 10.6. The van der Waals surface area contributed by atoms with Gasteiger partial charge in [-0.05, 0) is 24.2 Å². The van der Waals surface area contributed by atoms with Crippen molar-refractivity contribution in [1.82, 2.24) is 5.43 Å². The molecule has 0 aliphatic heterocycles. The molecular formula is C10H17N3O. The second-order valence-electron chi connectivity index (χ2n) is 4.18. The van der Waals surface area contributed by atoms with Crippen molar-refractivity contribution in [2.24, 2.45) is 22.2 Å². The van der Waals surface area contributed by atoms with Crippen LogP contribution in [0.15, 0.2) is 17.3 Å². The van der Waals surface area contributed by atoms with Gasteiger partial charge < -0.3 is 5.73 Å². The van der Waals surface area contributed by atoms with E-state index < -0.39 is 6.03 Å². The first-order chi connectivity index (χ1) is 6.52. The second-order valence-corrected chi connectivity index (χ2v) is 4.18. The van der Waals surface area contributed by atoms with Crippen molar-refractivity contribution in [1.29, 1.82) is 0 Å². The monoisotopic (exact) mass is 195 g/mol. The average molecular weight is 195 g/mol. The Morgan fingerprint density at radius 2 is 2.50 bits per heavy atom. The molecule has 1 rings (SSSR count). The largest absolute Gasteiger partial charge is 0.350 e. The van der Waals surface area contributed by atoms with Crippen molar-refractivity contribution in [2.45, 2.75) is 26.7 Å². The number of primary amides is 1. The molecular weight excluding hydrogens is 178 g/mol. The zero-order valence-corrected chi connectivity index (χ0v) is 8.66. The summed E-state index contributed by atoms with van der Waals surface area (Å²) in [5, 5.41) is 3.72. The van der Waals surface area contributed by atoms with E-state index in [1.807, 2.05) is 0 Å². The predicted molar refractivity (Wildman–Crippen MR) is 56.9 cm³/mol. The van der Waals surface area contributed by atoms with Crippen LogP contribution >= 0.6 is 0 Å². The van der Waals surface area contributed by atoms with Crippen LogP contribution in [0.3, 0.4) is 0 Å². The van der Waals surface area contributed by atoms with E-state index in [0.29, 0.717) is 5.92 Å². The van der Waals surface area contributed by atoms with Crippen molar-refractivity contribution in [3.05, 3.63) is 12.2 Å². The second kappa shape index (κ2) is 4.26. The Morgan fingerprint density at radius 1 is 1.79 bits per heavy atom. The fourth-order valence-corrected chi connectivity index (χ4v) is 1.67. The molecule has 1 atom stereocenters. The molecule has 2 amide bonds. The molecule has 0 saturated carbocycles. The molecule has 4 heteroatoms. The number of amides is 2. The normalized spacial score (nSPS) is 24.3. The molecule has 0 heterocycles. The van der Waals surface area contributed by atoms with Gasteiger partial charge >= 0.3 is 6.03 Å². The number of hydrogen-bond donors (Lipinski definition) is 2. The van der Waals surface area contributed by atoms with Gasteiger partial charge in [-0.25, -0.2) is 10.2 Å². The topological polar surface area (TPSA) is 67.5 Å². The summed E-state index contributed by atoms with van der Waals surface area (Å²) in [5.41, 5.74) is 7.28. The van der Waals surface area contributed by atoms with Crippen LogP contribution in [0.2, 0.25) is 0 Å². The molecule has 1 aliphatic rings. The third-order valence-electron chi connectivity index (χ3n) is 2.68. The molecule has 0 saturated heterocycles. The third kappa shape index (κ3) is 2.87. The van der Waals surface area contributed by atoms with E-state index in [4.69, 9.17) is 5.73 Å². The summed E-state index contributed by atoms with van der Waals surface area (Å²) in [6.07, 6.45) is 8.08. The molecule has 0 radical (unpaired) electrons. The van der Waals surface area contributed by atoms with E-state index in [0.717, 1.165) is 12.8 Å². The Morgan fingerprint density at radius 3 is 3.00 bits per heavy atom. The van der Waals surface area contributed by atoms with Gasteiger partial charge in [0.1, 0.15) is 0 Å². The number of hydrazone groups is 1. The summed E-state index contributed by atoms with van der Waals surface area (Å²) in [7, 11) is 0. The van der Waals surface area contributed by atoms with Gasteiger partial charge in [0.2, 0.25) is 0 Å². The molecule has 14 heavy (non-hydrogen) atoms. The Bertz CT molecular complexity index is 269. The quantitative estimate of drug-likeness (QED) is 0.401. The van der Waals surface area contributed by atoms with Crippen molar-refractivity contribution < 1.29 is 4.79 Å². The summed E-state index contributed by atoms with van der Waals surface area (Å²) in [4.78, 5) is 10.3. The molecule has 0 bridgehead atoms. The number of urea groups is 1. The van der Waals surface area contributed by atoms with Crippen LogP contribution in [0.4, 0.5) is 4.79 Å². The lowest BCUT2D eigenvalue weighted by molar-refractivity contribution is 0.249. The van der Waals surface area contributed by atoms with Crippen LogP contribution in [0.1, 0.15) is 26.7 Å². The highest BCUT2D eigenvalue weighted by molar-refractivity contribution is 5.72. The molecule has 0 spiro atoms. The SMILES string of the molecule is CC1(C)C=CCC1C/C=N/NC(N)=O. The summed E-state index contributed by atoms with van der Waals surface area (Å²) >= 11 is 0. The minimum Gasteiger partial charge on any atom is -0.350 e. The van der Waals surface area contributed by atoms with Gasteiger partial charge in [-0.15, -0.1) is 0 Å². The molecule has 3 N–H and O–H groups in total. The van der Waals surface area contributed by atoms with Crippen LogP contribution in [-0.2, 0) is 0 Å². The van der Waals surface area contributed by atoms with Crippen LogP contribution in [0, 0.1) is 11.3 Å². The Labute approximate surface area is 84.2 Å². The standard InChI is InChI=1S/C10H17N3O/c1-10(2)6-3-4-8(10)5-7-12-13-9(11)14/h3,6-8H,4-5H2,1-2H3,(H3,11,13,14)/b12-7+. The fourth-order valence-electron chi connectivity index (χ4n) is 1.67. The predicted octanol–water partition coefficient (Wildman–Crippen LogP) is 1.63. The lowest BCUT2D eigenvalue weighted by atomic mass is 9.80. The molecule has 0 aromatic carbocycles. The maximum atomic E-state index is 10.3. The highest BCUT2D eigenvalue weighted by atomic mass is 16.2. The molecule has 4 nitrogen and oxygen atoms in total. The number of rotatable bonds is 3. The van der Waals surface area contributed by atoms with Crippen molar-refractivity contribution in [3.8, 4) is 0 Å². The highest BCUT2D eigenvalue weighted by Crippen LogP contribution is 2.38. The maximum absolute atomic E-state index is 10.3. The van der Waals surface area contributed by atoms with Gasteiger partial charge in [0.15, 0.2) is 0 Å². The van der Waals surface area contributed by atoms with Crippen molar-refractivity contribution in [2.75, 3.05) is 0 Å².